The first-order valence-electron chi connectivity index (χ1n) is 18.0. The molecule has 0 saturated heterocycles. The second-order valence-electron chi connectivity index (χ2n) is 15.2. The van der Waals surface area contributed by atoms with Crippen LogP contribution in [0.15, 0.2) is 0 Å². The summed E-state index contributed by atoms with van der Waals surface area (Å²) in [7, 11) is 183. The fourth-order valence-corrected chi connectivity index (χ4v) is 9.37. The van der Waals surface area contributed by atoms with Crippen LogP contribution in [0.1, 0.15) is 0 Å². The highest BCUT2D eigenvalue weighted by molar-refractivity contribution is 8.23. The van der Waals surface area contributed by atoms with Gasteiger partial charge in [-0.05, 0) is 0 Å². The van der Waals surface area contributed by atoms with Gasteiger partial charge in [-0.3, -0.25) is 0 Å². The molecule has 0 fully saturated rings. The molecule has 0 aliphatic rings. The van der Waals surface area contributed by atoms with Crippen LogP contribution in [-0.4, -0.2) is 384 Å². The van der Waals surface area contributed by atoms with Crippen molar-refractivity contribution in [1.82, 2.24) is 0 Å². The van der Waals surface area contributed by atoms with Crippen LogP contribution in [0.3, 0.4) is 0 Å². The molecule has 57 radical (unpaired) electrons. The van der Waals surface area contributed by atoms with E-state index in [9.17, 15) is 0 Å². The van der Waals surface area contributed by atoms with E-state index in [0.717, 1.165) is 7.06 Å². The van der Waals surface area contributed by atoms with Crippen LogP contribution in [0, 0.1) is 0 Å². The molecule has 0 atom stereocenters. The summed E-state index contributed by atoms with van der Waals surface area (Å²) in [6.45, 7) is -4.00. The van der Waals surface area contributed by atoms with Crippen molar-refractivity contribution in [1.29, 1.82) is 0 Å². The molecule has 167 valence electrons. The van der Waals surface area contributed by atoms with Crippen molar-refractivity contribution < 1.29 is 0 Å². The SMILES string of the molecule is [B][B]B([B])B(B([B])[B])B(B(B(B([B])[B])B([B])[B])B(B([B])[B])B([B])[B])C(B(B(B([B])[B])B([B])[B])B(B([B])[B])B([B])[B])B(B(B([B])[B])B([B])[B])B(B([B])[B])B([B])[B]. The molecule has 0 saturated carbocycles. The summed E-state index contributed by atoms with van der Waals surface area (Å²) < 4.78 is 0. The van der Waals surface area contributed by atoms with E-state index in [0.29, 0.717) is 0 Å². The van der Waals surface area contributed by atoms with Crippen molar-refractivity contribution in [2.24, 2.45) is 0 Å². The van der Waals surface area contributed by atoms with Crippen LogP contribution in [0.2, 0.25) is 5.62 Å². The average Bonchev–Trinajstić information content (AvgIpc) is 2.97. The van der Waals surface area contributed by atoms with E-state index in [4.69, 9.17) is 217 Å². The zero-order valence-corrected chi connectivity index (χ0v) is 31.8. The zero-order chi connectivity index (χ0) is 43.7. The lowest BCUT2D eigenvalue weighted by Gasteiger charge is -2.59. The third kappa shape index (κ3) is 15.9. The van der Waals surface area contributed by atoms with E-state index in [1.165, 1.54) is 0 Å². The Kier molecular flexibility index (Phi) is 28.7. The van der Waals surface area contributed by atoms with Crippen molar-refractivity contribution in [3.05, 3.63) is 0 Å². The van der Waals surface area contributed by atoms with Gasteiger partial charge in [-0.15, -0.1) is 5.62 Å². The van der Waals surface area contributed by atoms with Gasteiger partial charge in [-0.25, -0.2) is 0 Å². The molecule has 55 heavy (non-hydrogen) atoms. The monoisotopic (exact) mass is 608 g/mol. The molecule has 0 aromatic heterocycles. The summed E-state index contributed by atoms with van der Waals surface area (Å²) >= 11 is 0. The summed E-state index contributed by atoms with van der Waals surface area (Å²) in [5, 5.41) is 0. The predicted octanol–water partition coefficient (Wildman–Crippen LogP) is -20.2. The molecule has 0 nitrogen and oxygen atoms in total. The van der Waals surface area contributed by atoms with Gasteiger partial charge >= 0.3 is 0 Å². The summed E-state index contributed by atoms with van der Waals surface area (Å²) in [4.78, 5) is 0. The van der Waals surface area contributed by atoms with E-state index in [2.05, 4.69) is 0 Å². The average molecular weight is 597 g/mol. The summed E-state index contributed by atoms with van der Waals surface area (Å²) in [6.07, 6.45) is -29.4. The molecule has 0 aromatic carbocycles. The fourth-order valence-electron chi connectivity index (χ4n) is 9.37. The minimum Gasteiger partial charge on any atom is -0.146 e. The molecule has 0 N–H and O–H groups in total. The lowest BCUT2D eigenvalue weighted by molar-refractivity contribution is 1.80. The van der Waals surface area contributed by atoms with E-state index in [-0.39, 0.29) is 0 Å². The maximum atomic E-state index is 6.80. The zero-order valence-electron chi connectivity index (χ0n) is 31.8. The minimum absolute atomic E-state index is 1.12. The maximum Gasteiger partial charge on any atom is 0.0294 e. The van der Waals surface area contributed by atoms with E-state index < -0.39 is 166 Å². The van der Waals surface area contributed by atoms with Crippen LogP contribution in [0.25, 0.3) is 0 Å². The third-order valence-corrected chi connectivity index (χ3v) is 11.3. The fraction of sp³-hybridized carbons (Fsp3) is 1.00. The first-order chi connectivity index (χ1) is 25.0. The van der Waals surface area contributed by atoms with Crippen LogP contribution < -0.4 is 0 Å². The van der Waals surface area contributed by atoms with Crippen LogP contribution in [-0.2, 0) is 0 Å². The number of hydrogen-bond donors (Lipinski definition) is 0. The highest BCUT2D eigenvalue weighted by atomic mass is 13.7. The Labute approximate surface area is 386 Å². The Morgan fingerprint density at radius 2 is 0.382 bits per heavy atom. The van der Waals surface area contributed by atoms with Crippen molar-refractivity contribution in [2.45, 2.75) is 5.62 Å². The molecule has 0 amide bonds. The number of rotatable bonds is 26. The molecule has 0 aromatic rings. The van der Waals surface area contributed by atoms with Crippen LogP contribution in [0.4, 0.5) is 0 Å². The Bertz CT molecular complexity index is 825. The van der Waals surface area contributed by atoms with Gasteiger partial charge in [0.25, 0.3) is 0 Å². The van der Waals surface area contributed by atoms with Crippen LogP contribution >= 0.6 is 0 Å². The van der Waals surface area contributed by atoms with Gasteiger partial charge in [0, 0.05) is 384 Å². The molecule has 0 heterocycles. The van der Waals surface area contributed by atoms with Gasteiger partial charge in [0.15, 0.2) is 0 Å². The molecule has 0 aliphatic carbocycles. The van der Waals surface area contributed by atoms with Crippen molar-refractivity contribution >= 4 is 384 Å². The van der Waals surface area contributed by atoms with Crippen molar-refractivity contribution in [2.75, 3.05) is 0 Å². The predicted molar refractivity (Wildman–Crippen MR) is 314 cm³/mol. The summed E-state index contributed by atoms with van der Waals surface area (Å²) in [6, 6.07) is 0. The molecule has 0 rings (SSSR count). The normalized spacial score (nSPS) is 9.84. The van der Waals surface area contributed by atoms with Gasteiger partial charge in [-0.2, -0.15) is 0 Å². The molecular formula is CHB54. The molecule has 0 bridgehead atoms. The van der Waals surface area contributed by atoms with Gasteiger partial charge in [0.05, 0.1) is 0 Å². The quantitative estimate of drug-likeness (QED) is 0.0871. The van der Waals surface area contributed by atoms with Gasteiger partial charge in [-0.1, -0.05) is 0 Å². The highest BCUT2D eigenvalue weighted by Gasteiger charge is 2.60. The van der Waals surface area contributed by atoms with Crippen molar-refractivity contribution in [3.8, 4) is 0 Å². The lowest BCUT2D eigenvalue weighted by atomic mass is 8.33. The van der Waals surface area contributed by atoms with Gasteiger partial charge < -0.3 is 0 Å². The third-order valence-electron chi connectivity index (χ3n) is 11.3. The second kappa shape index (κ2) is 27.0. The van der Waals surface area contributed by atoms with E-state index in [1.807, 2.05) is 0 Å². The van der Waals surface area contributed by atoms with E-state index >= 15 is 0 Å². The van der Waals surface area contributed by atoms with E-state index in [1.54, 1.807) is 0 Å². The molecule has 54 heteroatoms. The van der Waals surface area contributed by atoms with Crippen molar-refractivity contribution in [3.63, 3.8) is 0 Å². The molecular weight excluding hydrogens is 596 g/mol. The van der Waals surface area contributed by atoms with Gasteiger partial charge in [0.2, 0.25) is 0 Å². The molecule has 0 unspecified atom stereocenters. The minimum atomic E-state index is -1.42. The summed E-state index contributed by atoms with van der Waals surface area (Å²) in [5.41, 5.74) is -1.39. The maximum absolute atomic E-state index is 6.80. The largest absolute Gasteiger partial charge is 0.146 e. The first kappa shape index (κ1) is 58.5. The highest BCUT2D eigenvalue weighted by Crippen LogP contribution is 2.33. The Balaban J connectivity index is 10.1. The Morgan fingerprint density at radius 3 is 0.527 bits per heavy atom. The van der Waals surface area contributed by atoms with Gasteiger partial charge in [0.1, 0.15) is 0 Å². The standard InChI is InChI=1S/CHB54/c2-30-47(29)52(42(19)20)33(53(54(43(21)22)44(23)24)55(45(25)26)46(27)28)1(31(48(34(3)4)35(5)6)49(36(7)8)37(9)10)32(50(38(11)12)39(13)14)51(40(15)16)41(17)18/h1H. The second-order valence-corrected chi connectivity index (χ2v) is 15.2. The lowest BCUT2D eigenvalue weighted by Crippen LogP contribution is -2.90. The number of hydrogen-bond acceptors (Lipinski definition) is 0. The topological polar surface area (TPSA) is 0 Å². The smallest absolute Gasteiger partial charge is 0.0294 e. The Morgan fingerprint density at radius 1 is 0.218 bits per heavy atom. The first-order valence-corrected chi connectivity index (χ1v) is 18.0. The Hall–Kier alpha value is 3.51. The van der Waals surface area contributed by atoms with Crippen LogP contribution in [0.5, 0.6) is 0 Å². The summed E-state index contributed by atoms with van der Waals surface area (Å²) in [5.74, 6) is 0. The molecule has 0 spiro atoms. The molecule has 0 aliphatic heterocycles.